The predicted octanol–water partition coefficient (Wildman–Crippen LogP) is 6.51. The van der Waals surface area contributed by atoms with Crippen molar-refractivity contribution in [1.82, 2.24) is 4.90 Å². The lowest BCUT2D eigenvalue weighted by molar-refractivity contribution is -0.137. The number of amides is 2. The van der Waals surface area contributed by atoms with Crippen molar-refractivity contribution < 1.29 is 19.5 Å². The molecule has 1 aliphatic carbocycles. The summed E-state index contributed by atoms with van der Waals surface area (Å²) in [4.78, 5) is 39.4. The zero-order valence-electron chi connectivity index (χ0n) is 23.1. The fourth-order valence-corrected chi connectivity index (χ4v) is 5.66. The standard InChI is InChI=1S/C33H38N2O4/c1-22-9-4-7-13-28(22)33(39)35(3)21-24-15-17-27(18-16-24)31(26-10-5-6-11-26)32(38)34-29-14-8-12-25(23(29)2)19-20-30(36)37/h4,7-9,12-18,26,31H,5-6,10-11,19-21H2,1-3H3,(H,34,38)(H,36,37). The van der Waals surface area contributed by atoms with Crippen molar-refractivity contribution in [2.24, 2.45) is 5.92 Å². The Balaban J connectivity index is 1.50. The van der Waals surface area contributed by atoms with Crippen molar-refractivity contribution in [3.63, 3.8) is 0 Å². The summed E-state index contributed by atoms with van der Waals surface area (Å²) in [5.74, 6) is -0.868. The molecule has 0 bridgehead atoms. The zero-order chi connectivity index (χ0) is 27.9. The van der Waals surface area contributed by atoms with Gasteiger partial charge in [-0.2, -0.15) is 0 Å². The first-order valence-corrected chi connectivity index (χ1v) is 13.8. The topological polar surface area (TPSA) is 86.7 Å². The van der Waals surface area contributed by atoms with E-state index in [1.807, 2.05) is 87.6 Å². The monoisotopic (exact) mass is 526 g/mol. The first-order chi connectivity index (χ1) is 18.7. The molecule has 3 aromatic carbocycles. The van der Waals surface area contributed by atoms with Crippen molar-refractivity contribution in [3.05, 3.63) is 100 Å². The van der Waals surface area contributed by atoms with E-state index in [-0.39, 0.29) is 30.1 Å². The number of aliphatic carboxylic acids is 1. The molecule has 2 N–H and O–H groups in total. The van der Waals surface area contributed by atoms with Crippen LogP contribution in [0.25, 0.3) is 0 Å². The first-order valence-electron chi connectivity index (χ1n) is 13.8. The number of rotatable bonds is 10. The maximum atomic E-state index is 13.7. The van der Waals surface area contributed by atoms with Crippen LogP contribution in [0.3, 0.4) is 0 Å². The Hall–Kier alpha value is -3.93. The number of nitrogens with one attached hydrogen (secondary N) is 1. The molecule has 0 aromatic heterocycles. The lowest BCUT2D eigenvalue weighted by atomic mass is 9.83. The maximum Gasteiger partial charge on any atom is 0.303 e. The molecule has 1 atom stereocenters. The molecule has 6 nitrogen and oxygen atoms in total. The van der Waals surface area contributed by atoms with E-state index in [0.29, 0.717) is 18.5 Å². The van der Waals surface area contributed by atoms with Gasteiger partial charge in [0.25, 0.3) is 5.91 Å². The number of hydrogen-bond acceptors (Lipinski definition) is 3. The summed E-state index contributed by atoms with van der Waals surface area (Å²) >= 11 is 0. The van der Waals surface area contributed by atoms with E-state index in [2.05, 4.69) is 5.32 Å². The Morgan fingerprint density at radius 3 is 2.31 bits per heavy atom. The molecule has 1 saturated carbocycles. The number of carbonyl (C=O) groups excluding carboxylic acids is 2. The van der Waals surface area contributed by atoms with Crippen LogP contribution in [0.2, 0.25) is 0 Å². The molecule has 4 rings (SSSR count). The SMILES string of the molecule is Cc1ccccc1C(=O)N(C)Cc1ccc(C(C(=O)Nc2cccc(CCC(=O)O)c2C)C2CCCC2)cc1. The fourth-order valence-electron chi connectivity index (χ4n) is 5.66. The van der Waals surface area contributed by atoms with Gasteiger partial charge in [0.2, 0.25) is 5.91 Å². The fraction of sp³-hybridized carbons (Fsp3) is 0.364. The molecule has 1 aliphatic rings. The third kappa shape index (κ3) is 6.94. The van der Waals surface area contributed by atoms with Crippen LogP contribution in [-0.2, 0) is 22.6 Å². The molecule has 6 heteroatoms. The number of aryl methyl sites for hydroxylation is 2. The highest BCUT2D eigenvalue weighted by atomic mass is 16.4. The number of carboxylic acids is 1. The minimum atomic E-state index is -0.834. The highest BCUT2D eigenvalue weighted by Gasteiger charge is 2.32. The van der Waals surface area contributed by atoms with Crippen LogP contribution in [0.15, 0.2) is 66.7 Å². The van der Waals surface area contributed by atoms with Crippen LogP contribution in [0.5, 0.6) is 0 Å². The number of nitrogens with zero attached hydrogens (tertiary/aromatic N) is 1. The predicted molar refractivity (Wildman–Crippen MR) is 154 cm³/mol. The molecule has 1 fully saturated rings. The summed E-state index contributed by atoms with van der Waals surface area (Å²) in [7, 11) is 1.81. The van der Waals surface area contributed by atoms with Gasteiger partial charge >= 0.3 is 5.97 Å². The van der Waals surface area contributed by atoms with Crippen molar-refractivity contribution in [1.29, 1.82) is 0 Å². The van der Waals surface area contributed by atoms with E-state index in [4.69, 9.17) is 5.11 Å². The number of carboxylic acid groups (broad SMARTS) is 1. The molecule has 0 aliphatic heterocycles. The molecule has 0 radical (unpaired) electrons. The smallest absolute Gasteiger partial charge is 0.303 e. The molecule has 3 aromatic rings. The van der Waals surface area contributed by atoms with E-state index in [9.17, 15) is 14.4 Å². The average Bonchev–Trinajstić information content (AvgIpc) is 3.44. The summed E-state index contributed by atoms with van der Waals surface area (Å²) in [6, 6.07) is 21.4. The van der Waals surface area contributed by atoms with Gasteiger partial charge < -0.3 is 15.3 Å². The lowest BCUT2D eigenvalue weighted by Gasteiger charge is -2.25. The molecule has 1 unspecified atom stereocenters. The second kappa shape index (κ2) is 12.7. The molecule has 0 spiro atoms. The Kier molecular flexibility index (Phi) is 9.18. The van der Waals surface area contributed by atoms with E-state index in [1.165, 1.54) is 0 Å². The van der Waals surface area contributed by atoms with Crippen molar-refractivity contribution in [2.45, 2.75) is 64.8 Å². The summed E-state index contributed by atoms with van der Waals surface area (Å²) in [6.45, 7) is 4.36. The van der Waals surface area contributed by atoms with Gasteiger partial charge in [-0.1, -0.05) is 67.4 Å². The number of hydrogen-bond donors (Lipinski definition) is 2. The summed E-state index contributed by atoms with van der Waals surface area (Å²) in [5, 5.41) is 12.2. The molecule has 0 heterocycles. The largest absolute Gasteiger partial charge is 0.481 e. The van der Waals surface area contributed by atoms with Gasteiger partial charge in [0.15, 0.2) is 0 Å². The van der Waals surface area contributed by atoms with Gasteiger partial charge in [-0.3, -0.25) is 14.4 Å². The van der Waals surface area contributed by atoms with Crippen LogP contribution < -0.4 is 5.32 Å². The molecular weight excluding hydrogens is 488 g/mol. The van der Waals surface area contributed by atoms with E-state index in [1.54, 1.807) is 4.90 Å². The van der Waals surface area contributed by atoms with Gasteiger partial charge in [0.1, 0.15) is 0 Å². The lowest BCUT2D eigenvalue weighted by Crippen LogP contribution is -2.28. The number of benzene rings is 3. The molecule has 39 heavy (non-hydrogen) atoms. The van der Waals surface area contributed by atoms with Crippen LogP contribution in [0.1, 0.15) is 76.2 Å². The third-order valence-electron chi connectivity index (χ3n) is 7.95. The van der Waals surface area contributed by atoms with Gasteiger partial charge in [0.05, 0.1) is 5.92 Å². The highest BCUT2D eigenvalue weighted by molar-refractivity contribution is 5.97. The Bertz CT molecular complexity index is 1330. The Morgan fingerprint density at radius 1 is 0.949 bits per heavy atom. The summed E-state index contributed by atoms with van der Waals surface area (Å²) in [5.41, 5.74) is 6.23. The second-order valence-corrected chi connectivity index (χ2v) is 10.7. The van der Waals surface area contributed by atoms with Gasteiger partial charge in [-0.15, -0.1) is 0 Å². The molecule has 0 saturated heterocycles. The van der Waals surface area contributed by atoms with Crippen LogP contribution in [0, 0.1) is 19.8 Å². The first kappa shape index (κ1) is 28.1. The van der Waals surface area contributed by atoms with Crippen molar-refractivity contribution in [3.8, 4) is 0 Å². The Morgan fingerprint density at radius 2 is 1.64 bits per heavy atom. The molecule has 2 amide bonds. The van der Waals surface area contributed by atoms with E-state index in [0.717, 1.165) is 59.2 Å². The Labute approximate surface area is 231 Å². The van der Waals surface area contributed by atoms with Crippen molar-refractivity contribution in [2.75, 3.05) is 12.4 Å². The molecule has 204 valence electrons. The van der Waals surface area contributed by atoms with E-state index < -0.39 is 5.97 Å². The summed E-state index contributed by atoms with van der Waals surface area (Å²) < 4.78 is 0. The van der Waals surface area contributed by atoms with Crippen LogP contribution >= 0.6 is 0 Å². The van der Waals surface area contributed by atoms with Crippen molar-refractivity contribution >= 4 is 23.5 Å². The second-order valence-electron chi connectivity index (χ2n) is 10.7. The number of carbonyl (C=O) groups is 3. The normalized spacial score (nSPS) is 14.1. The minimum Gasteiger partial charge on any atom is -0.481 e. The van der Waals surface area contributed by atoms with Crippen LogP contribution in [0.4, 0.5) is 5.69 Å². The quantitative estimate of drug-likeness (QED) is 0.315. The number of anilines is 1. The average molecular weight is 527 g/mol. The maximum absolute atomic E-state index is 13.7. The highest BCUT2D eigenvalue weighted by Crippen LogP contribution is 2.38. The van der Waals surface area contributed by atoms with Gasteiger partial charge in [-0.25, -0.2) is 0 Å². The van der Waals surface area contributed by atoms with Gasteiger partial charge in [-0.05, 0) is 79.0 Å². The van der Waals surface area contributed by atoms with Crippen LogP contribution in [-0.4, -0.2) is 34.8 Å². The summed E-state index contributed by atoms with van der Waals surface area (Å²) in [6.07, 6.45) is 4.78. The van der Waals surface area contributed by atoms with Gasteiger partial charge in [0, 0.05) is 31.3 Å². The zero-order valence-corrected chi connectivity index (χ0v) is 23.1. The third-order valence-corrected chi connectivity index (χ3v) is 7.95. The van der Waals surface area contributed by atoms with E-state index >= 15 is 0 Å². The minimum absolute atomic E-state index is 0.0126. The molecular formula is C33H38N2O4.